The number of benzene rings is 1. The molecule has 0 aliphatic carbocycles. The monoisotopic (exact) mass is 384 g/mol. The number of pyridine rings is 1. The lowest BCUT2D eigenvalue weighted by atomic mass is 10.1. The molecular weight excluding hydrogens is 355 g/mol. The third-order valence-electron chi connectivity index (χ3n) is 5.06. The lowest BCUT2D eigenvalue weighted by molar-refractivity contribution is 0.298. The van der Waals surface area contributed by atoms with E-state index in [0.29, 0.717) is 12.4 Å². The van der Waals surface area contributed by atoms with Gasteiger partial charge in [-0.15, -0.1) is 0 Å². The van der Waals surface area contributed by atoms with E-state index in [1.807, 2.05) is 11.0 Å². The van der Waals surface area contributed by atoms with Crippen LogP contribution in [0, 0.1) is 5.82 Å². The summed E-state index contributed by atoms with van der Waals surface area (Å²) in [5.41, 5.74) is 1.26. The minimum atomic E-state index is -0.276. The molecule has 2 unspecified atom stereocenters. The van der Waals surface area contributed by atoms with E-state index in [-0.39, 0.29) is 17.9 Å². The van der Waals surface area contributed by atoms with Crippen LogP contribution in [-0.2, 0) is 0 Å². The van der Waals surface area contributed by atoms with Crippen LogP contribution in [-0.4, -0.2) is 62.7 Å². The van der Waals surface area contributed by atoms with Gasteiger partial charge in [-0.25, -0.2) is 9.37 Å². The second-order valence-electron chi connectivity index (χ2n) is 7.23. The van der Waals surface area contributed by atoms with Gasteiger partial charge in [0.05, 0.1) is 6.04 Å². The van der Waals surface area contributed by atoms with E-state index in [2.05, 4.69) is 63.9 Å². The topological polar surface area (TPSA) is 55.8 Å². The predicted octanol–water partition coefficient (Wildman–Crippen LogP) is 2.27. The van der Waals surface area contributed by atoms with Crippen LogP contribution >= 0.6 is 0 Å². The quantitative estimate of drug-likeness (QED) is 0.591. The van der Waals surface area contributed by atoms with E-state index in [1.54, 1.807) is 19.3 Å². The molecule has 0 amide bonds. The van der Waals surface area contributed by atoms with Gasteiger partial charge in [-0.2, -0.15) is 0 Å². The van der Waals surface area contributed by atoms with Crippen molar-refractivity contribution in [1.82, 2.24) is 20.5 Å². The zero-order chi connectivity index (χ0) is 19.9. The molecule has 1 aromatic carbocycles. The van der Waals surface area contributed by atoms with Gasteiger partial charge >= 0.3 is 0 Å². The van der Waals surface area contributed by atoms with Crippen molar-refractivity contribution in [1.29, 1.82) is 0 Å². The molecule has 28 heavy (non-hydrogen) atoms. The fourth-order valence-electron chi connectivity index (χ4n) is 3.54. The third kappa shape index (κ3) is 4.98. The van der Waals surface area contributed by atoms with Crippen molar-refractivity contribution >= 4 is 11.8 Å². The van der Waals surface area contributed by atoms with Crippen LogP contribution in [0.15, 0.2) is 53.7 Å². The van der Waals surface area contributed by atoms with Gasteiger partial charge in [0.2, 0.25) is 0 Å². The molecule has 1 fully saturated rings. The average Bonchev–Trinajstić information content (AvgIpc) is 3.16. The maximum absolute atomic E-state index is 14.0. The van der Waals surface area contributed by atoms with Crippen LogP contribution in [0.3, 0.4) is 0 Å². The molecule has 2 N–H and O–H groups in total. The fourth-order valence-corrected chi connectivity index (χ4v) is 3.54. The molecule has 1 aromatic heterocycles. The van der Waals surface area contributed by atoms with Crippen LogP contribution in [0.4, 0.5) is 10.2 Å². The molecule has 0 saturated carbocycles. The second-order valence-corrected chi connectivity index (χ2v) is 7.23. The van der Waals surface area contributed by atoms with Crippen molar-refractivity contribution in [3.8, 4) is 0 Å². The Bertz CT molecular complexity index is 779. The van der Waals surface area contributed by atoms with E-state index in [4.69, 9.17) is 0 Å². The molecule has 7 heteroatoms. The average molecular weight is 385 g/mol. The maximum Gasteiger partial charge on any atom is 0.191 e. The van der Waals surface area contributed by atoms with Crippen LogP contribution in [0.2, 0.25) is 0 Å². The number of rotatable bonds is 6. The Balaban J connectivity index is 1.56. The zero-order valence-electron chi connectivity index (χ0n) is 16.8. The Labute approximate surface area is 166 Å². The summed E-state index contributed by atoms with van der Waals surface area (Å²) in [7, 11) is 5.92. The molecule has 0 bridgehead atoms. The molecule has 3 rings (SSSR count). The molecule has 1 aliphatic rings. The number of halogens is 1. The molecule has 0 radical (unpaired) electrons. The second kappa shape index (κ2) is 9.50. The standard InChI is InChI=1S/C21H29FN6/c1-23-21(25-14-19(27(2)3)16-8-5-4-6-9-16)26-17-11-13-28(15-17)20-18(22)10-7-12-24-20/h4-10,12,17,19H,11,13-15H2,1-3H3,(H2,23,25,26). The summed E-state index contributed by atoms with van der Waals surface area (Å²) < 4.78 is 14.0. The van der Waals surface area contributed by atoms with Crippen LogP contribution < -0.4 is 15.5 Å². The molecule has 2 atom stereocenters. The van der Waals surface area contributed by atoms with Crippen molar-refractivity contribution in [3.05, 3.63) is 60.0 Å². The molecule has 150 valence electrons. The van der Waals surface area contributed by atoms with Crippen molar-refractivity contribution in [2.24, 2.45) is 4.99 Å². The van der Waals surface area contributed by atoms with E-state index < -0.39 is 0 Å². The number of aliphatic imine (C=N–C) groups is 1. The number of anilines is 1. The number of nitrogens with one attached hydrogen (secondary N) is 2. The number of hydrogen-bond acceptors (Lipinski definition) is 4. The van der Waals surface area contributed by atoms with Crippen molar-refractivity contribution in [2.75, 3.05) is 45.7 Å². The summed E-state index contributed by atoms with van der Waals surface area (Å²) in [6.45, 7) is 2.21. The van der Waals surface area contributed by atoms with Crippen molar-refractivity contribution in [2.45, 2.75) is 18.5 Å². The van der Waals surface area contributed by atoms with Gasteiger partial charge in [0, 0.05) is 38.9 Å². The highest BCUT2D eigenvalue weighted by Crippen LogP contribution is 2.21. The van der Waals surface area contributed by atoms with Gasteiger partial charge in [-0.05, 0) is 38.2 Å². The number of guanidine groups is 1. The first-order valence-corrected chi connectivity index (χ1v) is 9.62. The highest BCUT2D eigenvalue weighted by molar-refractivity contribution is 5.80. The van der Waals surface area contributed by atoms with E-state index in [0.717, 1.165) is 25.5 Å². The molecular formula is C21H29FN6. The minimum absolute atomic E-state index is 0.196. The van der Waals surface area contributed by atoms with Gasteiger partial charge in [-0.3, -0.25) is 4.99 Å². The van der Waals surface area contributed by atoms with Gasteiger partial charge in [-0.1, -0.05) is 30.3 Å². The van der Waals surface area contributed by atoms with E-state index in [1.165, 1.54) is 11.6 Å². The van der Waals surface area contributed by atoms with Crippen LogP contribution in [0.25, 0.3) is 0 Å². The Morgan fingerprint density at radius 1 is 1.29 bits per heavy atom. The minimum Gasteiger partial charge on any atom is -0.354 e. The summed E-state index contributed by atoms with van der Waals surface area (Å²) in [5, 5.41) is 6.89. The Morgan fingerprint density at radius 2 is 2.07 bits per heavy atom. The SMILES string of the molecule is CN=C(NCC(c1ccccc1)N(C)C)NC1CCN(c2ncccc2F)C1. The molecule has 2 aromatic rings. The van der Waals surface area contributed by atoms with Crippen molar-refractivity contribution < 1.29 is 4.39 Å². The lowest BCUT2D eigenvalue weighted by Gasteiger charge is -2.26. The summed E-state index contributed by atoms with van der Waals surface area (Å²) >= 11 is 0. The van der Waals surface area contributed by atoms with Crippen LogP contribution in [0.5, 0.6) is 0 Å². The Kier molecular flexibility index (Phi) is 6.81. The number of nitrogens with zero attached hydrogens (tertiary/aromatic N) is 4. The fraction of sp³-hybridized carbons (Fsp3) is 0.429. The zero-order valence-corrected chi connectivity index (χ0v) is 16.8. The first-order chi connectivity index (χ1) is 13.6. The Morgan fingerprint density at radius 3 is 2.75 bits per heavy atom. The molecule has 0 spiro atoms. The highest BCUT2D eigenvalue weighted by Gasteiger charge is 2.26. The lowest BCUT2D eigenvalue weighted by Crippen LogP contribution is -2.46. The normalized spacial score (nSPS) is 18.4. The van der Waals surface area contributed by atoms with Crippen molar-refractivity contribution in [3.63, 3.8) is 0 Å². The third-order valence-corrected chi connectivity index (χ3v) is 5.06. The number of aromatic nitrogens is 1. The summed E-state index contributed by atoms with van der Waals surface area (Å²) in [4.78, 5) is 12.7. The van der Waals surface area contributed by atoms with Gasteiger partial charge < -0.3 is 20.4 Å². The van der Waals surface area contributed by atoms with Gasteiger partial charge in [0.1, 0.15) is 0 Å². The van der Waals surface area contributed by atoms with Gasteiger partial charge in [0.25, 0.3) is 0 Å². The summed E-state index contributed by atoms with van der Waals surface area (Å²) in [5.74, 6) is 0.907. The maximum atomic E-state index is 14.0. The van der Waals surface area contributed by atoms with Crippen LogP contribution in [0.1, 0.15) is 18.0 Å². The smallest absolute Gasteiger partial charge is 0.191 e. The molecule has 2 heterocycles. The molecule has 1 aliphatic heterocycles. The molecule has 1 saturated heterocycles. The summed E-state index contributed by atoms with van der Waals surface area (Å²) in [6, 6.07) is 13.9. The highest BCUT2D eigenvalue weighted by atomic mass is 19.1. The van der Waals surface area contributed by atoms with Gasteiger partial charge in [0.15, 0.2) is 17.6 Å². The number of hydrogen-bond donors (Lipinski definition) is 2. The number of likely N-dealkylation sites (N-methyl/N-ethyl adjacent to an activating group) is 1. The summed E-state index contributed by atoms with van der Waals surface area (Å²) in [6.07, 6.45) is 2.54. The van der Waals surface area contributed by atoms with E-state index >= 15 is 0 Å². The first kappa shape index (κ1) is 20.1. The van der Waals surface area contributed by atoms with E-state index in [9.17, 15) is 4.39 Å². The molecule has 6 nitrogen and oxygen atoms in total. The first-order valence-electron chi connectivity index (χ1n) is 9.62. The Hall–Kier alpha value is -2.67. The predicted molar refractivity (Wildman–Crippen MR) is 112 cm³/mol. The largest absolute Gasteiger partial charge is 0.354 e.